The highest BCUT2D eigenvalue weighted by molar-refractivity contribution is 6.22. The predicted molar refractivity (Wildman–Crippen MR) is 146 cm³/mol. The SMILES string of the molecule is COC(=O)/C=C(/C(=O)OC)c1cc([C@H]2C=CC3=C(C=C2)[C@@H]2C(C(=O)OC)=C(C(=O)OC)[C@@H]2C3)c2cccccc1-2. The molecule has 0 saturated heterocycles. The molecule has 0 N–H and O–H groups in total. The van der Waals surface area contributed by atoms with Crippen molar-refractivity contribution in [1.29, 1.82) is 0 Å². The van der Waals surface area contributed by atoms with Gasteiger partial charge in [0.15, 0.2) is 0 Å². The van der Waals surface area contributed by atoms with E-state index in [0.717, 1.165) is 33.9 Å². The third-order valence-corrected chi connectivity index (χ3v) is 7.78. The molecule has 0 aromatic rings. The lowest BCUT2D eigenvalue weighted by molar-refractivity contribution is -0.142. The summed E-state index contributed by atoms with van der Waals surface area (Å²) in [5, 5.41) is 0. The zero-order chi connectivity index (χ0) is 28.6. The number of allylic oxidation sites excluding steroid dienone is 6. The van der Waals surface area contributed by atoms with Crippen LogP contribution >= 0.6 is 0 Å². The molecule has 0 heterocycles. The Morgan fingerprint density at radius 3 is 2.15 bits per heavy atom. The van der Waals surface area contributed by atoms with Gasteiger partial charge in [-0.2, -0.15) is 0 Å². The normalized spacial score (nSPS) is 21.3. The molecule has 0 radical (unpaired) electrons. The second-order valence-electron chi connectivity index (χ2n) is 9.65. The van der Waals surface area contributed by atoms with Crippen molar-refractivity contribution in [2.75, 3.05) is 28.4 Å². The van der Waals surface area contributed by atoms with E-state index in [1.807, 2.05) is 54.6 Å². The van der Waals surface area contributed by atoms with Crippen LogP contribution in [-0.2, 0) is 38.1 Å². The summed E-state index contributed by atoms with van der Waals surface area (Å²) in [6, 6.07) is 11.4. The number of fused-ring (bicyclic) bond motifs is 3. The van der Waals surface area contributed by atoms with Gasteiger partial charge in [-0.25, -0.2) is 19.2 Å². The summed E-state index contributed by atoms with van der Waals surface area (Å²) in [6.45, 7) is 0. The third-order valence-electron chi connectivity index (χ3n) is 7.78. The third kappa shape index (κ3) is 4.35. The number of esters is 4. The van der Waals surface area contributed by atoms with Gasteiger partial charge in [-0.15, -0.1) is 0 Å². The number of hydrogen-bond acceptors (Lipinski definition) is 8. The molecule has 5 aliphatic carbocycles. The summed E-state index contributed by atoms with van der Waals surface area (Å²) in [4.78, 5) is 49.9. The molecule has 0 unspecified atom stereocenters. The fourth-order valence-electron chi connectivity index (χ4n) is 5.95. The Morgan fingerprint density at radius 1 is 0.800 bits per heavy atom. The molecule has 40 heavy (non-hydrogen) atoms. The second kappa shape index (κ2) is 10.8. The molecule has 8 heteroatoms. The van der Waals surface area contributed by atoms with Crippen LogP contribution in [0.4, 0.5) is 0 Å². The zero-order valence-electron chi connectivity index (χ0n) is 22.6. The maximum atomic E-state index is 12.7. The maximum Gasteiger partial charge on any atom is 0.338 e. The van der Waals surface area contributed by atoms with Gasteiger partial charge in [0.2, 0.25) is 0 Å². The Morgan fingerprint density at radius 2 is 1.48 bits per heavy atom. The molecule has 5 rings (SSSR count). The number of carbonyl (C=O) groups is 4. The van der Waals surface area contributed by atoms with Gasteiger partial charge in [-0.1, -0.05) is 54.6 Å². The van der Waals surface area contributed by atoms with Gasteiger partial charge >= 0.3 is 23.9 Å². The Hall–Kier alpha value is -4.72. The van der Waals surface area contributed by atoms with E-state index in [4.69, 9.17) is 18.9 Å². The van der Waals surface area contributed by atoms with Gasteiger partial charge in [0, 0.05) is 23.8 Å². The van der Waals surface area contributed by atoms with Crippen LogP contribution in [0.1, 0.15) is 23.5 Å². The first-order valence-electron chi connectivity index (χ1n) is 12.7. The van der Waals surface area contributed by atoms with Gasteiger partial charge in [0.1, 0.15) is 0 Å². The van der Waals surface area contributed by atoms with Crippen molar-refractivity contribution in [1.82, 2.24) is 0 Å². The standard InChI is InChI=1S/C32H28O8/c1-37-26(33)16-24(30(34)38-2)23-15-22(20-8-6-5-7-9-21(20)23)17-10-11-18-14-25-27(19(18)13-12-17)29(32(36)40-4)28(25)31(35)39-3/h5-13,15-17,25,27H,14H2,1-4H3/b24-16+/t17-,25+,27-/m0/s1. The van der Waals surface area contributed by atoms with E-state index in [9.17, 15) is 19.2 Å². The van der Waals surface area contributed by atoms with E-state index in [0.29, 0.717) is 23.1 Å². The monoisotopic (exact) mass is 540 g/mol. The Balaban J connectivity index is 1.56. The Bertz CT molecular complexity index is 1550. The average molecular weight is 541 g/mol. The molecule has 0 aromatic heterocycles. The second-order valence-corrected chi connectivity index (χ2v) is 9.65. The minimum absolute atomic E-state index is 0.0968. The first-order valence-corrected chi connectivity index (χ1v) is 12.7. The minimum Gasteiger partial charge on any atom is -0.466 e. The molecule has 3 atom stereocenters. The van der Waals surface area contributed by atoms with Crippen LogP contribution in [0.25, 0.3) is 16.7 Å². The van der Waals surface area contributed by atoms with Crippen LogP contribution in [0, 0.1) is 11.8 Å². The molecule has 5 aliphatic rings. The molecular formula is C32H28O8. The molecule has 0 fully saturated rings. The van der Waals surface area contributed by atoms with Gasteiger partial charge in [0.25, 0.3) is 0 Å². The fourth-order valence-corrected chi connectivity index (χ4v) is 5.95. The lowest BCUT2D eigenvalue weighted by atomic mass is 9.67. The lowest BCUT2D eigenvalue weighted by Gasteiger charge is -2.35. The van der Waals surface area contributed by atoms with E-state index in [1.165, 1.54) is 28.4 Å². The average Bonchev–Trinajstić information content (AvgIpc) is 3.22. The summed E-state index contributed by atoms with van der Waals surface area (Å²) in [5.74, 6) is -2.89. The van der Waals surface area contributed by atoms with Gasteiger partial charge in [-0.3, -0.25) is 0 Å². The quantitative estimate of drug-likeness (QED) is 0.303. The summed E-state index contributed by atoms with van der Waals surface area (Å²) in [7, 11) is 5.12. The van der Waals surface area contributed by atoms with Crippen LogP contribution < -0.4 is 0 Å². The van der Waals surface area contributed by atoms with Gasteiger partial charge < -0.3 is 18.9 Å². The lowest BCUT2D eigenvalue weighted by Crippen LogP contribution is -2.37. The fraction of sp³-hybridized carbons (Fsp3) is 0.250. The summed E-state index contributed by atoms with van der Waals surface area (Å²) < 4.78 is 19.7. The van der Waals surface area contributed by atoms with Crippen molar-refractivity contribution in [3.05, 3.63) is 100 Å². The van der Waals surface area contributed by atoms with E-state index in [2.05, 4.69) is 6.08 Å². The van der Waals surface area contributed by atoms with Crippen molar-refractivity contribution < 1.29 is 38.1 Å². The van der Waals surface area contributed by atoms with E-state index in [-0.39, 0.29) is 23.3 Å². The van der Waals surface area contributed by atoms with Crippen LogP contribution in [0.5, 0.6) is 0 Å². The molecular weight excluding hydrogens is 512 g/mol. The van der Waals surface area contributed by atoms with E-state index >= 15 is 0 Å². The Labute approximate surface area is 231 Å². The van der Waals surface area contributed by atoms with Crippen LogP contribution in [0.2, 0.25) is 0 Å². The summed E-state index contributed by atoms with van der Waals surface area (Å²) in [6.07, 6.45) is 9.90. The van der Waals surface area contributed by atoms with Crippen molar-refractivity contribution in [3.8, 4) is 11.1 Å². The van der Waals surface area contributed by atoms with Crippen molar-refractivity contribution in [2.45, 2.75) is 12.3 Å². The number of methoxy groups -OCH3 is 4. The zero-order valence-corrected chi connectivity index (χ0v) is 22.6. The van der Waals surface area contributed by atoms with Crippen molar-refractivity contribution in [2.24, 2.45) is 11.8 Å². The highest BCUT2D eigenvalue weighted by atomic mass is 16.5. The molecule has 0 amide bonds. The first kappa shape index (κ1) is 26.9. The maximum absolute atomic E-state index is 12.7. The highest BCUT2D eigenvalue weighted by Crippen LogP contribution is 2.56. The van der Waals surface area contributed by atoms with Crippen LogP contribution in [-0.4, -0.2) is 52.3 Å². The molecule has 0 saturated carbocycles. The number of rotatable bonds is 6. The molecule has 8 nitrogen and oxygen atoms in total. The number of ether oxygens (including phenoxy) is 4. The van der Waals surface area contributed by atoms with E-state index in [1.54, 1.807) is 0 Å². The summed E-state index contributed by atoms with van der Waals surface area (Å²) in [5.41, 5.74) is 6.02. The first-order chi connectivity index (χ1) is 19.3. The van der Waals surface area contributed by atoms with Crippen molar-refractivity contribution >= 4 is 29.5 Å². The Kier molecular flexibility index (Phi) is 7.26. The molecule has 0 bridgehead atoms. The smallest absolute Gasteiger partial charge is 0.338 e. The molecule has 0 spiro atoms. The summed E-state index contributed by atoms with van der Waals surface area (Å²) >= 11 is 0. The molecule has 0 aliphatic heterocycles. The van der Waals surface area contributed by atoms with E-state index < -0.39 is 23.9 Å². The van der Waals surface area contributed by atoms with Gasteiger partial charge in [0.05, 0.1) is 45.2 Å². The number of carbonyl (C=O) groups excluding carboxylic acids is 4. The van der Waals surface area contributed by atoms with Crippen LogP contribution in [0.15, 0.2) is 89.1 Å². The van der Waals surface area contributed by atoms with Crippen LogP contribution in [0.3, 0.4) is 0 Å². The topological polar surface area (TPSA) is 105 Å². The highest BCUT2D eigenvalue weighted by Gasteiger charge is 2.52. The predicted octanol–water partition coefficient (Wildman–Crippen LogP) is 4.32. The van der Waals surface area contributed by atoms with Gasteiger partial charge in [-0.05, 0) is 45.9 Å². The van der Waals surface area contributed by atoms with Crippen molar-refractivity contribution in [3.63, 3.8) is 0 Å². The number of hydrogen-bond donors (Lipinski definition) is 0. The largest absolute Gasteiger partial charge is 0.466 e. The molecule has 0 aromatic carbocycles. The molecule has 204 valence electrons. The minimum atomic E-state index is -0.665.